The fraction of sp³-hybridized carbons (Fsp3) is 0.714. The van der Waals surface area contributed by atoms with E-state index in [1.165, 1.54) is 11.3 Å². The molecule has 2 N–H and O–H groups in total. The quantitative estimate of drug-likeness (QED) is 0.797. The Kier molecular flexibility index (Phi) is 5.79. The highest BCUT2D eigenvalue weighted by Gasteiger charge is 2.24. The van der Waals surface area contributed by atoms with E-state index in [2.05, 4.69) is 28.8 Å². The van der Waals surface area contributed by atoms with Gasteiger partial charge in [-0.05, 0) is 43.4 Å². The van der Waals surface area contributed by atoms with Gasteiger partial charge >= 0.3 is 0 Å². The van der Waals surface area contributed by atoms with Crippen molar-refractivity contribution in [3.05, 3.63) is 17.0 Å². The van der Waals surface area contributed by atoms with Crippen LogP contribution in [0.1, 0.15) is 32.3 Å². The first-order chi connectivity index (χ1) is 9.88. The van der Waals surface area contributed by atoms with E-state index in [0.29, 0.717) is 29.4 Å². The van der Waals surface area contributed by atoms with E-state index < -0.39 is 10.0 Å². The Labute approximate surface area is 131 Å². The van der Waals surface area contributed by atoms with Crippen LogP contribution in [-0.4, -0.2) is 45.5 Å². The molecule has 0 saturated carbocycles. The minimum Gasteiger partial charge on any atom is -0.310 e. The lowest BCUT2D eigenvalue weighted by Gasteiger charge is -2.19. The molecule has 0 radical (unpaired) electrons. The summed E-state index contributed by atoms with van der Waals surface area (Å²) in [5.74, 6) is 0. The van der Waals surface area contributed by atoms with Crippen LogP contribution in [-0.2, 0) is 16.6 Å². The zero-order chi connectivity index (χ0) is 15.5. The van der Waals surface area contributed by atoms with Crippen LogP contribution in [0.2, 0.25) is 0 Å². The van der Waals surface area contributed by atoms with Crippen molar-refractivity contribution in [3.8, 4) is 0 Å². The first-order valence-corrected chi connectivity index (χ1v) is 9.75. The fourth-order valence-corrected chi connectivity index (χ4v) is 4.75. The number of thiophene rings is 1. The van der Waals surface area contributed by atoms with Gasteiger partial charge in [0.2, 0.25) is 10.0 Å². The van der Waals surface area contributed by atoms with Gasteiger partial charge in [0.15, 0.2) is 0 Å². The van der Waals surface area contributed by atoms with Gasteiger partial charge in [-0.3, -0.25) is 0 Å². The SMILES string of the molecule is CC(C)NCc1csc(S(=O)(=O)NCC2CCCN2C)c1. The van der Waals surface area contributed by atoms with Crippen molar-refractivity contribution in [2.75, 3.05) is 20.1 Å². The molecule has 21 heavy (non-hydrogen) atoms. The number of likely N-dealkylation sites (tertiary alicyclic amines) is 1. The lowest BCUT2D eigenvalue weighted by molar-refractivity contribution is 0.311. The van der Waals surface area contributed by atoms with Crippen molar-refractivity contribution in [1.82, 2.24) is 14.9 Å². The summed E-state index contributed by atoms with van der Waals surface area (Å²) >= 11 is 1.29. The summed E-state index contributed by atoms with van der Waals surface area (Å²) in [6, 6.07) is 2.48. The van der Waals surface area contributed by atoms with Gasteiger partial charge in [0.1, 0.15) is 4.21 Å². The highest BCUT2D eigenvalue weighted by molar-refractivity contribution is 7.91. The van der Waals surface area contributed by atoms with Crippen LogP contribution in [0.4, 0.5) is 0 Å². The van der Waals surface area contributed by atoms with Gasteiger partial charge < -0.3 is 10.2 Å². The number of rotatable bonds is 7. The molecule has 0 amide bonds. The first kappa shape index (κ1) is 16.9. The molecule has 2 rings (SSSR count). The molecule has 1 atom stereocenters. The third kappa shape index (κ3) is 4.75. The van der Waals surface area contributed by atoms with Gasteiger partial charge in [0.25, 0.3) is 0 Å². The van der Waals surface area contributed by atoms with Crippen molar-refractivity contribution in [2.24, 2.45) is 0 Å². The predicted molar refractivity (Wildman–Crippen MR) is 87.1 cm³/mol. The molecule has 1 aromatic heterocycles. The second-order valence-electron chi connectivity index (χ2n) is 5.94. The smallest absolute Gasteiger partial charge is 0.250 e. The molecule has 1 fully saturated rings. The Hall–Kier alpha value is -0.470. The minimum atomic E-state index is -3.37. The summed E-state index contributed by atoms with van der Waals surface area (Å²) in [6.45, 7) is 6.40. The second kappa shape index (κ2) is 7.19. The zero-order valence-corrected chi connectivity index (χ0v) is 14.6. The minimum absolute atomic E-state index is 0.321. The highest BCUT2D eigenvalue weighted by atomic mass is 32.2. The fourth-order valence-electron chi connectivity index (χ4n) is 2.42. The van der Waals surface area contributed by atoms with Gasteiger partial charge in [-0.2, -0.15) is 0 Å². The van der Waals surface area contributed by atoms with Crippen LogP contribution in [0.15, 0.2) is 15.7 Å². The molecular formula is C14H25N3O2S2. The molecule has 7 heteroatoms. The Morgan fingerprint density at radius 1 is 1.48 bits per heavy atom. The first-order valence-electron chi connectivity index (χ1n) is 7.39. The van der Waals surface area contributed by atoms with E-state index in [1.807, 2.05) is 12.4 Å². The van der Waals surface area contributed by atoms with E-state index in [1.54, 1.807) is 6.07 Å². The summed E-state index contributed by atoms with van der Waals surface area (Å²) in [7, 11) is -1.33. The van der Waals surface area contributed by atoms with Crippen LogP contribution < -0.4 is 10.0 Å². The maximum Gasteiger partial charge on any atom is 0.250 e. The summed E-state index contributed by atoms with van der Waals surface area (Å²) in [6.07, 6.45) is 2.21. The Morgan fingerprint density at radius 2 is 2.24 bits per heavy atom. The maximum absolute atomic E-state index is 12.3. The van der Waals surface area contributed by atoms with E-state index in [0.717, 1.165) is 24.9 Å². The number of nitrogens with one attached hydrogen (secondary N) is 2. The molecule has 0 aromatic carbocycles. The molecular weight excluding hydrogens is 306 g/mol. The van der Waals surface area contributed by atoms with Crippen LogP contribution in [0, 0.1) is 0 Å². The van der Waals surface area contributed by atoms with Gasteiger partial charge in [-0.15, -0.1) is 11.3 Å². The summed E-state index contributed by atoms with van der Waals surface area (Å²) in [4.78, 5) is 2.22. The molecule has 1 aliphatic heterocycles. The number of hydrogen-bond acceptors (Lipinski definition) is 5. The average molecular weight is 332 g/mol. The van der Waals surface area contributed by atoms with E-state index in [4.69, 9.17) is 0 Å². The lowest BCUT2D eigenvalue weighted by Crippen LogP contribution is -2.37. The Balaban J connectivity index is 1.92. The molecule has 1 saturated heterocycles. The van der Waals surface area contributed by atoms with Crippen LogP contribution >= 0.6 is 11.3 Å². The predicted octanol–water partition coefficient (Wildman–Crippen LogP) is 1.62. The third-order valence-corrected chi connectivity index (χ3v) is 6.70. The molecule has 0 aliphatic carbocycles. The molecule has 0 spiro atoms. The number of likely N-dealkylation sites (N-methyl/N-ethyl adjacent to an activating group) is 1. The van der Waals surface area contributed by atoms with Crippen molar-refractivity contribution in [2.45, 2.75) is 49.5 Å². The van der Waals surface area contributed by atoms with E-state index in [-0.39, 0.29) is 0 Å². The number of hydrogen-bond donors (Lipinski definition) is 2. The van der Waals surface area contributed by atoms with Crippen LogP contribution in [0.5, 0.6) is 0 Å². The number of sulfonamides is 1. The van der Waals surface area contributed by atoms with Crippen molar-refractivity contribution in [1.29, 1.82) is 0 Å². The largest absolute Gasteiger partial charge is 0.310 e. The van der Waals surface area contributed by atoms with E-state index >= 15 is 0 Å². The van der Waals surface area contributed by atoms with Crippen molar-refractivity contribution < 1.29 is 8.42 Å². The van der Waals surface area contributed by atoms with E-state index in [9.17, 15) is 8.42 Å². The standard InChI is InChI=1S/C14H25N3O2S2/c1-11(2)15-8-12-7-14(20-10-12)21(18,19)16-9-13-5-4-6-17(13)3/h7,10-11,13,15-16H,4-6,8-9H2,1-3H3. The van der Waals surface area contributed by atoms with Gasteiger partial charge in [0, 0.05) is 25.2 Å². The van der Waals surface area contributed by atoms with Gasteiger partial charge in [-0.1, -0.05) is 13.8 Å². The van der Waals surface area contributed by atoms with Crippen molar-refractivity contribution in [3.63, 3.8) is 0 Å². The molecule has 120 valence electrons. The van der Waals surface area contributed by atoms with Crippen LogP contribution in [0.25, 0.3) is 0 Å². The van der Waals surface area contributed by atoms with Crippen LogP contribution in [0.3, 0.4) is 0 Å². The van der Waals surface area contributed by atoms with Crippen molar-refractivity contribution >= 4 is 21.4 Å². The third-order valence-electron chi connectivity index (χ3n) is 3.79. The molecule has 1 aliphatic rings. The topological polar surface area (TPSA) is 61.4 Å². The summed E-state index contributed by atoms with van der Waals surface area (Å²) in [5.41, 5.74) is 1.02. The monoisotopic (exact) mass is 331 g/mol. The highest BCUT2D eigenvalue weighted by Crippen LogP contribution is 2.21. The van der Waals surface area contributed by atoms with Gasteiger partial charge in [0.05, 0.1) is 0 Å². The maximum atomic E-state index is 12.3. The molecule has 0 bridgehead atoms. The summed E-state index contributed by atoms with van der Waals surface area (Å²) < 4.78 is 27.8. The molecule has 1 aromatic rings. The Morgan fingerprint density at radius 3 is 2.86 bits per heavy atom. The average Bonchev–Trinajstić information content (AvgIpc) is 3.03. The van der Waals surface area contributed by atoms with Gasteiger partial charge in [-0.25, -0.2) is 13.1 Å². The Bertz CT molecular complexity index is 554. The molecule has 2 heterocycles. The molecule has 5 nitrogen and oxygen atoms in total. The zero-order valence-electron chi connectivity index (χ0n) is 12.9. The second-order valence-corrected chi connectivity index (χ2v) is 8.84. The number of nitrogens with zero attached hydrogens (tertiary/aromatic N) is 1. The normalized spacial score (nSPS) is 20.5. The summed E-state index contributed by atoms with van der Waals surface area (Å²) in [5, 5.41) is 5.20. The molecule has 1 unspecified atom stereocenters. The lowest BCUT2D eigenvalue weighted by atomic mass is 10.2.